The van der Waals surface area contributed by atoms with Gasteiger partial charge in [-0.2, -0.15) is 52.7 Å². The average molecular weight is 542 g/mol. The molecule has 200 valence electrons. The van der Waals surface area contributed by atoms with E-state index in [0.29, 0.717) is 30.3 Å². The molecule has 0 radical (unpaired) electrons. The molecule has 2 aromatic rings. The van der Waals surface area contributed by atoms with Crippen LogP contribution >= 0.6 is 0 Å². The minimum atomic E-state index is -4.97. The lowest BCUT2D eigenvalue weighted by molar-refractivity contribution is -0.400. The van der Waals surface area contributed by atoms with Gasteiger partial charge in [-0.3, -0.25) is 10.1 Å². The number of nitrogens with zero attached hydrogens (tertiary/aromatic N) is 1. The van der Waals surface area contributed by atoms with Gasteiger partial charge in [0.25, 0.3) is 0 Å². The maximum absolute atomic E-state index is 12.4. The molecule has 36 heavy (non-hydrogen) atoms. The molecule has 0 aliphatic heterocycles. The molecule has 16 heteroatoms. The number of nitro groups is 1. The Morgan fingerprint density at radius 3 is 1.28 bits per heavy atom. The zero-order chi connectivity index (χ0) is 28.1. The SMILES string of the molecule is NCCc1cc(C(F)(F)F)cc(C(F)(F)F)c1.O=[N+]([O-])/C=C/c1cc(C(F)(F)F)cc(C(F)(F)F)c1. The molecule has 0 aliphatic rings. The van der Waals surface area contributed by atoms with Crippen molar-refractivity contribution in [2.24, 2.45) is 5.73 Å². The van der Waals surface area contributed by atoms with Crippen LogP contribution in [0.25, 0.3) is 6.08 Å². The Bertz CT molecular complexity index is 1020. The second-order valence-corrected chi connectivity index (χ2v) is 6.89. The Labute approximate surface area is 194 Å². The normalized spacial score (nSPS) is 12.9. The Kier molecular flexibility index (Phi) is 9.54. The first-order chi connectivity index (χ1) is 16.1. The molecular weight excluding hydrogens is 528 g/mol. The third kappa shape index (κ3) is 9.75. The summed E-state index contributed by atoms with van der Waals surface area (Å²) < 4.78 is 149. The Hall–Kier alpha value is -3.30. The van der Waals surface area contributed by atoms with Crippen LogP contribution in [0.5, 0.6) is 0 Å². The van der Waals surface area contributed by atoms with Crippen LogP contribution in [-0.2, 0) is 31.1 Å². The highest BCUT2D eigenvalue weighted by molar-refractivity contribution is 5.52. The van der Waals surface area contributed by atoms with Gasteiger partial charge in [-0.05, 0) is 60.5 Å². The zero-order valence-corrected chi connectivity index (χ0v) is 17.4. The van der Waals surface area contributed by atoms with Gasteiger partial charge in [-0.25, -0.2) is 0 Å². The number of alkyl halides is 12. The predicted octanol–water partition coefficient (Wildman–Crippen LogP) is 7.20. The van der Waals surface area contributed by atoms with Crippen LogP contribution in [0.2, 0.25) is 0 Å². The summed E-state index contributed by atoms with van der Waals surface area (Å²) in [6, 6.07) is 2.21. The smallest absolute Gasteiger partial charge is 0.330 e. The average Bonchev–Trinajstić information content (AvgIpc) is 2.70. The summed E-state index contributed by atoms with van der Waals surface area (Å²) >= 11 is 0. The lowest BCUT2D eigenvalue weighted by atomic mass is 10.0. The van der Waals surface area contributed by atoms with E-state index in [4.69, 9.17) is 5.73 Å². The van der Waals surface area contributed by atoms with Gasteiger partial charge >= 0.3 is 24.7 Å². The highest BCUT2D eigenvalue weighted by Crippen LogP contribution is 2.37. The van der Waals surface area contributed by atoms with E-state index in [9.17, 15) is 62.8 Å². The lowest BCUT2D eigenvalue weighted by Crippen LogP contribution is -2.13. The molecule has 0 atom stereocenters. The summed E-state index contributed by atoms with van der Waals surface area (Å²) in [5.41, 5.74) is -1.18. The second-order valence-electron chi connectivity index (χ2n) is 6.89. The molecule has 4 nitrogen and oxygen atoms in total. The van der Waals surface area contributed by atoms with Crippen molar-refractivity contribution in [1.82, 2.24) is 0 Å². The number of hydrogen-bond acceptors (Lipinski definition) is 3. The number of halogens is 12. The van der Waals surface area contributed by atoms with E-state index in [2.05, 4.69) is 0 Å². The molecule has 0 heterocycles. The summed E-state index contributed by atoms with van der Waals surface area (Å²) in [6.07, 6.45) is -18.8. The van der Waals surface area contributed by atoms with Crippen molar-refractivity contribution in [3.63, 3.8) is 0 Å². The van der Waals surface area contributed by atoms with Crippen LogP contribution in [0, 0.1) is 10.1 Å². The molecule has 0 fully saturated rings. The fourth-order valence-electron chi connectivity index (χ4n) is 2.55. The molecule has 2 aromatic carbocycles. The molecule has 2 N–H and O–H groups in total. The van der Waals surface area contributed by atoms with Gasteiger partial charge < -0.3 is 5.73 Å². The summed E-state index contributed by atoms with van der Waals surface area (Å²) in [7, 11) is 0. The molecule has 0 saturated carbocycles. The third-order valence-corrected chi connectivity index (χ3v) is 4.08. The fourth-order valence-corrected chi connectivity index (χ4v) is 2.55. The van der Waals surface area contributed by atoms with E-state index in [1.165, 1.54) is 0 Å². The van der Waals surface area contributed by atoms with Crippen molar-refractivity contribution in [3.05, 3.63) is 86.1 Å². The van der Waals surface area contributed by atoms with E-state index in [1.807, 2.05) is 0 Å². The first kappa shape index (κ1) is 30.7. The largest absolute Gasteiger partial charge is 0.416 e. The number of rotatable bonds is 4. The van der Waals surface area contributed by atoms with Crippen molar-refractivity contribution >= 4 is 6.08 Å². The molecule has 0 bridgehead atoms. The van der Waals surface area contributed by atoms with Crippen LogP contribution in [0.4, 0.5) is 52.7 Å². The van der Waals surface area contributed by atoms with Gasteiger partial charge in [0.2, 0.25) is 6.20 Å². The van der Waals surface area contributed by atoms with E-state index in [-0.39, 0.29) is 36.9 Å². The van der Waals surface area contributed by atoms with Crippen molar-refractivity contribution < 1.29 is 57.6 Å². The number of nitrogens with two attached hydrogens (primary N) is 1. The molecule has 0 saturated heterocycles. The zero-order valence-electron chi connectivity index (χ0n) is 17.4. The van der Waals surface area contributed by atoms with Crippen LogP contribution in [-0.4, -0.2) is 11.5 Å². The molecule has 0 unspecified atom stereocenters. The maximum atomic E-state index is 12.4. The van der Waals surface area contributed by atoms with E-state index >= 15 is 0 Å². The second kappa shape index (κ2) is 11.2. The predicted molar refractivity (Wildman–Crippen MR) is 102 cm³/mol. The highest BCUT2D eigenvalue weighted by Gasteiger charge is 2.37. The van der Waals surface area contributed by atoms with Gasteiger partial charge in [-0.1, -0.05) is 0 Å². The monoisotopic (exact) mass is 542 g/mol. The molecule has 0 spiro atoms. The van der Waals surface area contributed by atoms with E-state index in [0.717, 1.165) is 0 Å². The van der Waals surface area contributed by atoms with E-state index in [1.54, 1.807) is 0 Å². The minimum absolute atomic E-state index is 0.0153. The van der Waals surface area contributed by atoms with Gasteiger partial charge in [0.15, 0.2) is 0 Å². The Morgan fingerprint density at radius 1 is 0.667 bits per heavy atom. The summed E-state index contributed by atoms with van der Waals surface area (Å²) in [6.45, 7) is -0.0153. The van der Waals surface area contributed by atoms with Crippen LogP contribution in [0.3, 0.4) is 0 Å². The van der Waals surface area contributed by atoms with Gasteiger partial charge in [0.05, 0.1) is 27.2 Å². The fraction of sp³-hybridized carbons (Fsp3) is 0.300. The van der Waals surface area contributed by atoms with Crippen molar-refractivity contribution in [1.29, 1.82) is 0 Å². The first-order valence-corrected chi connectivity index (χ1v) is 9.24. The Morgan fingerprint density at radius 2 is 1.00 bits per heavy atom. The third-order valence-electron chi connectivity index (χ3n) is 4.08. The van der Waals surface area contributed by atoms with Crippen LogP contribution in [0.15, 0.2) is 42.6 Å². The van der Waals surface area contributed by atoms with Crippen molar-refractivity contribution in [2.75, 3.05) is 6.54 Å². The molecular formula is C20H14F12N2O2. The standard InChI is InChI=1S/C10H5F6NO2.C10H9F6N/c11-9(12,13)7-3-6(1-2-17(18)19)4-8(5-7)10(14,15)16;11-9(12,13)7-3-6(1-2-17)4-8(5-7)10(14,15)16/h1-5H;3-5H,1-2,17H2/b2-1+;. The van der Waals surface area contributed by atoms with Crippen LogP contribution in [0.1, 0.15) is 33.4 Å². The topological polar surface area (TPSA) is 69.2 Å². The Balaban J connectivity index is 0.000000362. The maximum Gasteiger partial charge on any atom is 0.416 e. The van der Waals surface area contributed by atoms with Gasteiger partial charge in [0.1, 0.15) is 0 Å². The van der Waals surface area contributed by atoms with Crippen LogP contribution < -0.4 is 5.73 Å². The lowest BCUT2D eigenvalue weighted by Gasteiger charge is -2.13. The van der Waals surface area contributed by atoms with E-state index < -0.39 is 57.4 Å². The quantitative estimate of drug-likeness (QED) is 0.253. The molecule has 0 aromatic heterocycles. The molecule has 0 aliphatic carbocycles. The highest BCUT2D eigenvalue weighted by atomic mass is 19.4. The minimum Gasteiger partial charge on any atom is -0.330 e. The van der Waals surface area contributed by atoms with Gasteiger partial charge in [0, 0.05) is 6.08 Å². The van der Waals surface area contributed by atoms with Crippen molar-refractivity contribution in [3.8, 4) is 0 Å². The molecule has 0 amide bonds. The molecule has 2 rings (SSSR count). The summed E-state index contributed by atoms with van der Waals surface area (Å²) in [5.74, 6) is 0. The first-order valence-electron chi connectivity index (χ1n) is 9.24. The number of benzene rings is 2. The van der Waals surface area contributed by atoms with Gasteiger partial charge in [-0.15, -0.1) is 0 Å². The summed E-state index contributed by atoms with van der Waals surface area (Å²) in [5, 5.41) is 10.0. The summed E-state index contributed by atoms with van der Waals surface area (Å²) in [4.78, 5) is 9.02. The van der Waals surface area contributed by atoms with Crippen molar-refractivity contribution in [2.45, 2.75) is 31.1 Å². The number of hydrogen-bond donors (Lipinski definition) is 1.